The number of carbonyl (C=O) groups is 1. The monoisotopic (exact) mass is 444 g/mol. The van der Waals surface area contributed by atoms with Crippen molar-refractivity contribution in [1.29, 1.82) is 0 Å². The molecule has 0 amide bonds. The molecule has 0 heterocycles. The number of fused-ring (bicyclic) bond motifs is 7. The predicted molar refractivity (Wildman–Crippen MR) is 130 cm³/mol. The maximum atomic E-state index is 12.3. The lowest BCUT2D eigenvalue weighted by Gasteiger charge is -2.69. The minimum absolute atomic E-state index is 0.0155. The standard InChI is InChI=1S/C26H42O3.C3H6/c1-23(2)19-10-13-24(3)17-9-15-26(22(28)29)12-5-6-18(26)16(17)7-8-20(24)25(19,4)14-11-21(23)27;1-3-2/h16-21,27H,5-15H2,1-4H3,(H,28,29);3H,1H2,2H3/t16?,17?,18-,19?,20?,21?,24?,25?,26?;/m1./s1. The normalized spacial score (nSPS) is 51.1. The summed E-state index contributed by atoms with van der Waals surface area (Å²) < 4.78 is 0. The van der Waals surface area contributed by atoms with Crippen molar-refractivity contribution in [2.75, 3.05) is 0 Å². The molecular formula is C29H48O3. The number of aliphatic hydroxyl groups is 1. The van der Waals surface area contributed by atoms with Gasteiger partial charge in [-0.15, -0.1) is 6.58 Å². The summed E-state index contributed by atoms with van der Waals surface area (Å²) >= 11 is 0. The first-order chi connectivity index (χ1) is 15.0. The second-order valence-electron chi connectivity index (χ2n) is 13.3. The van der Waals surface area contributed by atoms with Gasteiger partial charge in [0.1, 0.15) is 0 Å². The van der Waals surface area contributed by atoms with Gasteiger partial charge in [-0.3, -0.25) is 4.79 Å². The quantitative estimate of drug-likeness (QED) is 0.424. The zero-order valence-electron chi connectivity index (χ0n) is 21.3. The number of rotatable bonds is 1. The Kier molecular flexibility index (Phi) is 6.18. The molecule has 5 aliphatic rings. The molecule has 8 unspecified atom stereocenters. The first-order valence-corrected chi connectivity index (χ1v) is 13.5. The zero-order valence-corrected chi connectivity index (χ0v) is 21.3. The van der Waals surface area contributed by atoms with E-state index in [1.54, 1.807) is 6.08 Å². The Hall–Kier alpha value is -0.830. The van der Waals surface area contributed by atoms with Crippen LogP contribution in [0.1, 0.15) is 105 Å². The van der Waals surface area contributed by atoms with Crippen molar-refractivity contribution in [3.8, 4) is 0 Å². The van der Waals surface area contributed by atoms with Crippen LogP contribution >= 0.6 is 0 Å². The Labute approximate surface area is 196 Å². The molecule has 0 radical (unpaired) electrons. The molecule has 0 aromatic rings. The predicted octanol–water partition coefficient (Wildman–Crippen LogP) is 7.09. The van der Waals surface area contributed by atoms with Gasteiger partial charge in [0.15, 0.2) is 0 Å². The van der Waals surface area contributed by atoms with Gasteiger partial charge in [0.05, 0.1) is 11.5 Å². The molecule has 0 bridgehead atoms. The van der Waals surface area contributed by atoms with E-state index in [4.69, 9.17) is 0 Å². The number of aliphatic carboxylic acids is 1. The van der Waals surface area contributed by atoms with E-state index in [1.165, 1.54) is 32.1 Å². The molecule has 0 spiro atoms. The van der Waals surface area contributed by atoms with Crippen LogP contribution in [-0.2, 0) is 4.79 Å². The highest BCUT2D eigenvalue weighted by Gasteiger charge is 2.67. The summed E-state index contributed by atoms with van der Waals surface area (Å²) in [6.07, 6.45) is 14.0. The molecular weight excluding hydrogens is 396 g/mol. The fourth-order valence-electron chi connectivity index (χ4n) is 10.6. The first kappa shape index (κ1) is 24.3. The van der Waals surface area contributed by atoms with Gasteiger partial charge in [-0.2, -0.15) is 0 Å². The summed E-state index contributed by atoms with van der Waals surface area (Å²) in [6, 6.07) is 0. The second kappa shape index (κ2) is 8.14. The SMILES string of the molecule is C=CC.CC1(C)C(O)CCC2(C)C1CCC1(C)C3CCC4(C(=O)O)CCC[C@@H]4C3CCC12. The van der Waals surface area contributed by atoms with Crippen molar-refractivity contribution >= 4 is 5.97 Å². The number of hydrogen-bond acceptors (Lipinski definition) is 2. The van der Waals surface area contributed by atoms with Crippen molar-refractivity contribution in [2.45, 2.75) is 111 Å². The third-order valence-electron chi connectivity index (χ3n) is 11.9. The number of aliphatic hydroxyl groups excluding tert-OH is 1. The lowest BCUT2D eigenvalue weighted by atomic mass is 9.36. The lowest BCUT2D eigenvalue weighted by molar-refractivity contribution is -0.216. The minimum Gasteiger partial charge on any atom is -0.481 e. The fraction of sp³-hybridized carbons (Fsp3) is 0.897. The Morgan fingerprint density at radius 2 is 1.50 bits per heavy atom. The van der Waals surface area contributed by atoms with E-state index >= 15 is 0 Å². The van der Waals surface area contributed by atoms with Crippen LogP contribution in [0.4, 0.5) is 0 Å². The van der Waals surface area contributed by atoms with Gasteiger partial charge in [-0.05, 0) is 117 Å². The largest absolute Gasteiger partial charge is 0.481 e. The van der Waals surface area contributed by atoms with Crippen LogP contribution in [0, 0.1) is 51.2 Å². The maximum absolute atomic E-state index is 12.3. The topological polar surface area (TPSA) is 57.5 Å². The molecule has 5 rings (SSSR count). The number of allylic oxidation sites excluding steroid dienone is 1. The van der Waals surface area contributed by atoms with Crippen LogP contribution < -0.4 is 0 Å². The van der Waals surface area contributed by atoms with Crippen molar-refractivity contribution < 1.29 is 15.0 Å². The van der Waals surface area contributed by atoms with E-state index in [0.717, 1.165) is 44.4 Å². The van der Waals surface area contributed by atoms with E-state index in [0.29, 0.717) is 34.5 Å². The first-order valence-electron chi connectivity index (χ1n) is 13.5. The van der Waals surface area contributed by atoms with Crippen LogP contribution in [0.25, 0.3) is 0 Å². The summed E-state index contributed by atoms with van der Waals surface area (Å²) in [6.45, 7) is 15.0. The van der Waals surface area contributed by atoms with Gasteiger partial charge in [0, 0.05) is 0 Å². The Bertz CT molecular complexity index is 743. The summed E-state index contributed by atoms with van der Waals surface area (Å²) in [5, 5.41) is 20.9. The third kappa shape index (κ3) is 3.19. The van der Waals surface area contributed by atoms with Gasteiger partial charge in [-0.1, -0.05) is 40.2 Å². The molecule has 3 heteroatoms. The van der Waals surface area contributed by atoms with Crippen molar-refractivity contribution in [2.24, 2.45) is 51.2 Å². The average Bonchev–Trinajstić information content (AvgIpc) is 3.17. The average molecular weight is 445 g/mol. The molecule has 5 aliphatic carbocycles. The maximum Gasteiger partial charge on any atom is 0.309 e. The van der Waals surface area contributed by atoms with Gasteiger partial charge >= 0.3 is 5.97 Å². The van der Waals surface area contributed by atoms with Crippen molar-refractivity contribution in [3.05, 3.63) is 12.7 Å². The molecule has 0 aliphatic heterocycles. The van der Waals surface area contributed by atoms with Crippen LogP contribution in [0.15, 0.2) is 12.7 Å². The second-order valence-corrected chi connectivity index (χ2v) is 13.3. The summed E-state index contributed by atoms with van der Waals surface area (Å²) in [7, 11) is 0. The summed E-state index contributed by atoms with van der Waals surface area (Å²) in [4.78, 5) is 12.3. The van der Waals surface area contributed by atoms with Gasteiger partial charge < -0.3 is 10.2 Å². The Morgan fingerprint density at radius 3 is 2.16 bits per heavy atom. The lowest BCUT2D eigenvalue weighted by Crippen LogP contribution is -2.63. The molecule has 0 saturated heterocycles. The highest BCUT2D eigenvalue weighted by atomic mass is 16.4. The fourth-order valence-corrected chi connectivity index (χ4v) is 10.6. The molecule has 182 valence electrons. The van der Waals surface area contributed by atoms with Crippen LogP contribution in [0.3, 0.4) is 0 Å². The molecule has 0 aromatic heterocycles. The Morgan fingerprint density at radius 1 is 0.844 bits per heavy atom. The van der Waals surface area contributed by atoms with Gasteiger partial charge in [0.2, 0.25) is 0 Å². The van der Waals surface area contributed by atoms with Crippen LogP contribution in [0.5, 0.6) is 0 Å². The molecule has 5 fully saturated rings. The summed E-state index contributed by atoms with van der Waals surface area (Å²) in [5.41, 5.74) is 0.307. The van der Waals surface area contributed by atoms with Gasteiger partial charge in [0.25, 0.3) is 0 Å². The van der Waals surface area contributed by atoms with E-state index in [-0.39, 0.29) is 11.5 Å². The molecule has 5 saturated carbocycles. The van der Waals surface area contributed by atoms with E-state index < -0.39 is 11.4 Å². The van der Waals surface area contributed by atoms with Crippen molar-refractivity contribution in [1.82, 2.24) is 0 Å². The smallest absolute Gasteiger partial charge is 0.309 e. The number of hydrogen-bond donors (Lipinski definition) is 2. The van der Waals surface area contributed by atoms with Crippen molar-refractivity contribution in [3.63, 3.8) is 0 Å². The van der Waals surface area contributed by atoms with Gasteiger partial charge in [-0.25, -0.2) is 0 Å². The Balaban J connectivity index is 0.000000775. The third-order valence-corrected chi connectivity index (χ3v) is 11.9. The van der Waals surface area contributed by atoms with Crippen LogP contribution in [0.2, 0.25) is 0 Å². The number of carboxylic acids is 1. The van der Waals surface area contributed by atoms with E-state index in [2.05, 4.69) is 34.3 Å². The minimum atomic E-state index is -0.496. The molecule has 0 aromatic carbocycles. The molecule has 2 N–H and O–H groups in total. The van der Waals surface area contributed by atoms with E-state index in [9.17, 15) is 15.0 Å². The molecule has 32 heavy (non-hydrogen) atoms. The highest BCUT2D eigenvalue weighted by Crippen LogP contribution is 2.72. The van der Waals surface area contributed by atoms with E-state index in [1.807, 2.05) is 6.92 Å². The highest BCUT2D eigenvalue weighted by molar-refractivity contribution is 5.75. The zero-order chi connectivity index (χ0) is 23.5. The van der Waals surface area contributed by atoms with Crippen LogP contribution in [-0.4, -0.2) is 22.3 Å². The molecule has 3 nitrogen and oxygen atoms in total. The molecule has 9 atom stereocenters. The number of carboxylic acid groups (broad SMARTS) is 1. The summed E-state index contributed by atoms with van der Waals surface area (Å²) in [5.74, 6) is 2.62.